The molecule has 1 aromatic carbocycles. The SMILES string of the molecule is C#CN(C(=O)C(CC(C)C)NC(=O)OC(C)(C)C)C(C(=O)NCCCCC)c1ccc(CC)cc1. The van der Waals surface area contributed by atoms with E-state index in [4.69, 9.17) is 11.2 Å². The second-order valence-electron chi connectivity index (χ2n) is 10.2. The lowest BCUT2D eigenvalue weighted by Gasteiger charge is -2.31. The molecule has 0 aliphatic rings. The van der Waals surface area contributed by atoms with E-state index >= 15 is 0 Å². The fourth-order valence-corrected chi connectivity index (χ4v) is 3.61. The maximum Gasteiger partial charge on any atom is 0.408 e. The van der Waals surface area contributed by atoms with Crippen LogP contribution >= 0.6 is 0 Å². The summed E-state index contributed by atoms with van der Waals surface area (Å²) in [6.07, 6.45) is 9.16. The van der Waals surface area contributed by atoms with Crippen LogP contribution in [0.2, 0.25) is 0 Å². The largest absolute Gasteiger partial charge is 0.444 e. The number of hydrogen-bond acceptors (Lipinski definition) is 4. The number of unbranched alkanes of at least 4 members (excludes halogenated alkanes) is 2. The molecule has 0 fully saturated rings. The first kappa shape index (κ1) is 30.0. The summed E-state index contributed by atoms with van der Waals surface area (Å²) in [5, 5.41) is 5.59. The van der Waals surface area contributed by atoms with E-state index in [1.54, 1.807) is 20.8 Å². The summed E-state index contributed by atoms with van der Waals surface area (Å²) in [4.78, 5) is 40.5. The first-order valence-electron chi connectivity index (χ1n) is 12.6. The minimum Gasteiger partial charge on any atom is -0.444 e. The lowest BCUT2D eigenvalue weighted by atomic mass is 9.98. The fraction of sp³-hybridized carbons (Fsp3) is 0.607. The second kappa shape index (κ2) is 14.4. The van der Waals surface area contributed by atoms with Crippen molar-refractivity contribution in [3.63, 3.8) is 0 Å². The summed E-state index contributed by atoms with van der Waals surface area (Å²) in [7, 11) is 0. The number of terminal acetylenes is 1. The van der Waals surface area contributed by atoms with Gasteiger partial charge in [0, 0.05) is 12.6 Å². The molecule has 35 heavy (non-hydrogen) atoms. The summed E-state index contributed by atoms with van der Waals surface area (Å²) in [6, 6.07) is 7.96. The highest BCUT2D eigenvalue weighted by Crippen LogP contribution is 2.24. The molecule has 0 saturated heterocycles. The van der Waals surface area contributed by atoms with Crippen molar-refractivity contribution in [1.29, 1.82) is 0 Å². The maximum absolute atomic E-state index is 13.7. The molecule has 1 aromatic rings. The molecule has 194 valence electrons. The van der Waals surface area contributed by atoms with Crippen LogP contribution in [-0.4, -0.2) is 41.0 Å². The van der Waals surface area contributed by atoms with Gasteiger partial charge in [-0.3, -0.25) is 14.5 Å². The van der Waals surface area contributed by atoms with Gasteiger partial charge in [-0.15, -0.1) is 0 Å². The van der Waals surface area contributed by atoms with E-state index < -0.39 is 29.7 Å². The Hall–Kier alpha value is -3.01. The van der Waals surface area contributed by atoms with Crippen molar-refractivity contribution in [3.05, 3.63) is 35.4 Å². The van der Waals surface area contributed by atoms with Crippen molar-refractivity contribution < 1.29 is 19.1 Å². The van der Waals surface area contributed by atoms with Crippen molar-refractivity contribution in [2.24, 2.45) is 5.92 Å². The molecular weight excluding hydrogens is 442 g/mol. The molecule has 0 radical (unpaired) electrons. The van der Waals surface area contributed by atoms with Crippen LogP contribution in [0.3, 0.4) is 0 Å². The van der Waals surface area contributed by atoms with E-state index in [0.29, 0.717) is 18.5 Å². The molecule has 0 saturated carbocycles. The lowest BCUT2D eigenvalue weighted by Crippen LogP contribution is -2.52. The summed E-state index contributed by atoms with van der Waals surface area (Å²) >= 11 is 0. The van der Waals surface area contributed by atoms with E-state index in [1.165, 1.54) is 0 Å². The molecule has 1 rings (SSSR count). The second-order valence-corrected chi connectivity index (χ2v) is 10.2. The van der Waals surface area contributed by atoms with Crippen LogP contribution < -0.4 is 10.6 Å². The van der Waals surface area contributed by atoms with Gasteiger partial charge in [0.1, 0.15) is 17.7 Å². The third kappa shape index (κ3) is 10.4. The number of benzene rings is 1. The van der Waals surface area contributed by atoms with Gasteiger partial charge >= 0.3 is 6.09 Å². The predicted octanol–water partition coefficient (Wildman–Crippen LogP) is 4.96. The minimum absolute atomic E-state index is 0.0867. The molecule has 0 spiro atoms. The Kier molecular flexibility index (Phi) is 12.4. The summed E-state index contributed by atoms with van der Waals surface area (Å²) < 4.78 is 5.36. The average molecular weight is 486 g/mol. The average Bonchev–Trinajstić information content (AvgIpc) is 2.77. The smallest absolute Gasteiger partial charge is 0.408 e. The zero-order valence-electron chi connectivity index (χ0n) is 22.4. The van der Waals surface area contributed by atoms with E-state index in [1.807, 2.05) is 45.0 Å². The molecule has 0 aromatic heterocycles. The first-order chi connectivity index (χ1) is 16.4. The number of ether oxygens (including phenoxy) is 1. The van der Waals surface area contributed by atoms with E-state index in [-0.39, 0.29) is 11.8 Å². The van der Waals surface area contributed by atoms with Gasteiger partial charge in [0.05, 0.1) is 0 Å². The van der Waals surface area contributed by atoms with Crippen LogP contribution in [-0.2, 0) is 20.7 Å². The number of nitrogens with zero attached hydrogens (tertiary/aromatic N) is 1. The third-order valence-corrected chi connectivity index (χ3v) is 5.36. The quantitative estimate of drug-likeness (QED) is 0.249. The van der Waals surface area contributed by atoms with E-state index in [2.05, 4.69) is 23.6 Å². The van der Waals surface area contributed by atoms with Crippen LogP contribution in [0.4, 0.5) is 4.79 Å². The van der Waals surface area contributed by atoms with Crippen LogP contribution in [0.5, 0.6) is 0 Å². The first-order valence-corrected chi connectivity index (χ1v) is 12.6. The molecule has 3 amide bonds. The van der Waals surface area contributed by atoms with Gasteiger partial charge < -0.3 is 15.4 Å². The Morgan fingerprint density at radius 2 is 1.71 bits per heavy atom. The Morgan fingerprint density at radius 1 is 1.09 bits per heavy atom. The Balaban J connectivity index is 3.30. The normalized spacial score (nSPS) is 12.9. The molecule has 0 aliphatic heterocycles. The molecular formula is C28H43N3O4. The highest BCUT2D eigenvalue weighted by molar-refractivity contribution is 5.93. The highest BCUT2D eigenvalue weighted by atomic mass is 16.6. The van der Waals surface area contributed by atoms with Crippen molar-refractivity contribution in [2.75, 3.05) is 6.54 Å². The van der Waals surface area contributed by atoms with Crippen molar-refractivity contribution in [2.45, 2.75) is 98.3 Å². The number of carbonyl (C=O) groups excluding carboxylic acids is 3. The molecule has 2 N–H and O–H groups in total. The highest BCUT2D eigenvalue weighted by Gasteiger charge is 2.36. The molecule has 2 atom stereocenters. The Labute approximate surface area is 211 Å². The van der Waals surface area contributed by atoms with Gasteiger partial charge in [0.25, 0.3) is 5.91 Å². The van der Waals surface area contributed by atoms with Crippen LogP contribution in [0.1, 0.15) is 91.3 Å². The van der Waals surface area contributed by atoms with Crippen molar-refractivity contribution >= 4 is 17.9 Å². The topological polar surface area (TPSA) is 87.7 Å². The Bertz CT molecular complexity index is 866. The van der Waals surface area contributed by atoms with Gasteiger partial charge in [-0.05, 0) is 57.1 Å². The van der Waals surface area contributed by atoms with Crippen molar-refractivity contribution in [1.82, 2.24) is 15.5 Å². The van der Waals surface area contributed by atoms with Crippen LogP contribution in [0.25, 0.3) is 0 Å². The molecule has 7 nitrogen and oxygen atoms in total. The summed E-state index contributed by atoms with van der Waals surface area (Å²) in [5.74, 6) is -0.791. The van der Waals surface area contributed by atoms with Gasteiger partial charge in [-0.2, -0.15) is 0 Å². The number of nitrogens with one attached hydrogen (secondary N) is 2. The van der Waals surface area contributed by atoms with Gasteiger partial charge in [-0.25, -0.2) is 4.79 Å². The zero-order chi connectivity index (χ0) is 26.6. The van der Waals surface area contributed by atoms with Gasteiger partial charge in [0.15, 0.2) is 0 Å². The number of hydrogen-bond donors (Lipinski definition) is 2. The monoisotopic (exact) mass is 485 g/mol. The molecule has 0 aliphatic carbocycles. The maximum atomic E-state index is 13.7. The number of alkyl carbamates (subject to hydrolysis) is 1. The van der Waals surface area contributed by atoms with Gasteiger partial charge in [0.2, 0.25) is 5.91 Å². The Morgan fingerprint density at radius 3 is 2.20 bits per heavy atom. The van der Waals surface area contributed by atoms with Crippen LogP contribution in [0.15, 0.2) is 24.3 Å². The van der Waals surface area contributed by atoms with E-state index in [0.717, 1.165) is 36.1 Å². The summed E-state index contributed by atoms with van der Waals surface area (Å²) in [5.41, 5.74) is 1.00. The van der Waals surface area contributed by atoms with Crippen molar-refractivity contribution in [3.8, 4) is 12.5 Å². The predicted molar refractivity (Wildman–Crippen MR) is 139 cm³/mol. The zero-order valence-corrected chi connectivity index (χ0v) is 22.4. The number of carbonyl (C=O) groups is 3. The standard InChI is InChI=1S/C28H43N3O4/c1-9-12-13-18-29-25(32)24(22-16-14-21(10-2)15-17-22)31(11-3)26(33)23(19-20(4)5)30-27(34)35-28(6,7)8/h3,14-17,20,23-24H,9-10,12-13,18-19H2,1-2,4-8H3,(H,29,32)(H,30,34). The minimum atomic E-state index is -1.02. The number of amides is 3. The number of rotatable bonds is 12. The molecule has 2 unspecified atom stereocenters. The lowest BCUT2D eigenvalue weighted by molar-refractivity contribution is -0.138. The van der Waals surface area contributed by atoms with Crippen LogP contribution in [0, 0.1) is 18.4 Å². The third-order valence-electron chi connectivity index (χ3n) is 5.36. The molecule has 0 heterocycles. The summed E-state index contributed by atoms with van der Waals surface area (Å²) in [6.45, 7) is 13.8. The fourth-order valence-electron chi connectivity index (χ4n) is 3.61. The molecule has 0 bridgehead atoms. The molecule has 7 heteroatoms. The number of aryl methyl sites for hydroxylation is 1. The van der Waals surface area contributed by atoms with E-state index in [9.17, 15) is 14.4 Å². The van der Waals surface area contributed by atoms with Gasteiger partial charge in [-0.1, -0.05) is 71.2 Å².